The van der Waals surface area contributed by atoms with E-state index in [0.29, 0.717) is 0 Å². The number of hydrogen-bond acceptors (Lipinski definition) is 3. The van der Waals surface area contributed by atoms with Gasteiger partial charge in [-0.1, -0.05) is 244 Å². The molecule has 12 aromatic rings. The van der Waals surface area contributed by atoms with Gasteiger partial charge in [-0.2, -0.15) is 0 Å². The number of ether oxygens (including phenoxy) is 1. The van der Waals surface area contributed by atoms with Crippen LogP contribution in [-0.2, 0) is 16.2 Å². The van der Waals surface area contributed by atoms with Crippen molar-refractivity contribution >= 4 is 79.0 Å². The Morgan fingerprint density at radius 1 is 0.337 bits per heavy atom. The molecule has 0 radical (unpaired) electrons. The second-order valence-electron chi connectivity index (χ2n) is 26.1. The van der Waals surface area contributed by atoms with E-state index in [1.54, 1.807) is 0 Å². The molecule has 0 saturated carbocycles. The van der Waals surface area contributed by atoms with Gasteiger partial charge in [-0.05, 0) is 115 Å². The maximum atomic E-state index is 7.32. The zero-order chi connectivity index (χ0) is 56.7. The number of aromatic nitrogens is 1. The SMILES string of the molecule is CC(C)(C)c1cc2c3c(c1)-c1ccccc1Oc1ccccc1-c1cccc(C(C)(C)C)c1N3c1cc(C(C)(C)C)cc3c1B2c1ccc(-n2c4ccccc4c4ccccc42)cc1N3c1c(-c2ccccc2)cccc1-c1ccccc1. The fraction of sp³-hybridized carbons (Fsp3) is 0.154. The summed E-state index contributed by atoms with van der Waals surface area (Å²) in [6.45, 7) is 21.2. The molecule has 83 heavy (non-hydrogen) atoms. The van der Waals surface area contributed by atoms with Crippen LogP contribution in [0.15, 0.2) is 237 Å². The standard InChI is InChI=1S/C78H66BN3O/c1-76(2,3)51-44-61-59-33-19-23-41-71(59)83-70-40-22-18-32-58(70)60-36-25-37-62(78(7,8)9)74(60)82-69-47-52(77(4,5)6)46-68-72(69)79(64(45-51)75(61)82)63-43-42-53(80-65-38-20-16-30-56(65)57-31-17-21-39-66(57)80)48-67(63)81(68)73-54(49-26-12-10-13-27-49)34-24-35-55(73)50-28-14-11-15-29-50/h10-48H,1-9H3. The van der Waals surface area contributed by atoms with Gasteiger partial charge in [-0.3, -0.25) is 0 Å². The van der Waals surface area contributed by atoms with E-state index in [1.807, 2.05) is 0 Å². The summed E-state index contributed by atoms with van der Waals surface area (Å²) in [5.74, 6) is 1.66. The first-order valence-corrected chi connectivity index (χ1v) is 29.5. The highest BCUT2D eigenvalue weighted by atomic mass is 16.5. The van der Waals surface area contributed by atoms with Gasteiger partial charge in [0, 0.05) is 72.6 Å². The second-order valence-corrected chi connectivity index (χ2v) is 26.1. The Labute approximate surface area is 489 Å². The molecule has 0 atom stereocenters. The molecule has 3 aliphatic rings. The van der Waals surface area contributed by atoms with Crippen LogP contribution in [0, 0.1) is 0 Å². The molecular weight excluding hydrogens is 1010 g/mol. The van der Waals surface area contributed by atoms with E-state index < -0.39 is 0 Å². The molecule has 0 aliphatic carbocycles. The number of fused-ring (bicyclic) bond motifs is 13. The summed E-state index contributed by atoms with van der Waals surface area (Å²) < 4.78 is 9.81. The van der Waals surface area contributed by atoms with Crippen molar-refractivity contribution in [3.63, 3.8) is 0 Å². The third kappa shape index (κ3) is 7.95. The molecule has 0 spiro atoms. The normalized spacial score (nSPS) is 13.4. The lowest BCUT2D eigenvalue weighted by atomic mass is 9.33. The van der Waals surface area contributed by atoms with Gasteiger partial charge >= 0.3 is 0 Å². The summed E-state index contributed by atoms with van der Waals surface area (Å²) in [6, 6.07) is 88.7. The molecule has 4 heterocycles. The molecule has 0 saturated heterocycles. The lowest BCUT2D eigenvalue weighted by Crippen LogP contribution is -2.62. The summed E-state index contributed by atoms with van der Waals surface area (Å²) in [5, 5.41) is 2.48. The van der Waals surface area contributed by atoms with Gasteiger partial charge in [-0.25, -0.2) is 0 Å². The number of nitrogens with zero attached hydrogens (tertiary/aromatic N) is 3. The summed E-state index contributed by atoms with van der Waals surface area (Å²) in [5.41, 5.74) is 26.3. The smallest absolute Gasteiger partial charge is 0.252 e. The average molecular weight is 1070 g/mol. The second kappa shape index (κ2) is 18.6. The van der Waals surface area contributed by atoms with E-state index in [4.69, 9.17) is 4.74 Å². The fourth-order valence-corrected chi connectivity index (χ4v) is 13.8. The summed E-state index contributed by atoms with van der Waals surface area (Å²) >= 11 is 0. The van der Waals surface area contributed by atoms with E-state index in [9.17, 15) is 0 Å². The van der Waals surface area contributed by atoms with Gasteiger partial charge in [0.25, 0.3) is 6.71 Å². The number of hydrogen-bond donors (Lipinski definition) is 0. The molecule has 0 bridgehead atoms. The van der Waals surface area contributed by atoms with E-state index in [1.165, 1.54) is 77.6 Å². The third-order valence-corrected chi connectivity index (χ3v) is 17.8. The maximum absolute atomic E-state index is 7.32. The van der Waals surface area contributed by atoms with Crippen molar-refractivity contribution in [1.29, 1.82) is 0 Å². The van der Waals surface area contributed by atoms with Crippen molar-refractivity contribution in [3.05, 3.63) is 253 Å². The molecule has 402 valence electrons. The first-order valence-electron chi connectivity index (χ1n) is 29.5. The number of anilines is 6. The molecule has 4 nitrogen and oxygen atoms in total. The first kappa shape index (κ1) is 50.6. The van der Waals surface area contributed by atoms with Gasteiger partial charge in [0.1, 0.15) is 11.5 Å². The highest BCUT2D eigenvalue weighted by Gasteiger charge is 2.48. The third-order valence-electron chi connectivity index (χ3n) is 17.8. The highest BCUT2D eigenvalue weighted by Crippen LogP contribution is 2.57. The molecule has 15 rings (SSSR count). The van der Waals surface area contributed by atoms with Crippen LogP contribution in [0.25, 0.3) is 72.0 Å². The van der Waals surface area contributed by atoms with Crippen molar-refractivity contribution in [2.75, 3.05) is 9.80 Å². The summed E-state index contributed by atoms with van der Waals surface area (Å²) in [6.07, 6.45) is 0. The maximum Gasteiger partial charge on any atom is 0.252 e. The van der Waals surface area contributed by atoms with Crippen LogP contribution in [0.4, 0.5) is 34.1 Å². The minimum atomic E-state index is -0.269. The number of rotatable bonds is 4. The molecule has 0 fully saturated rings. The number of para-hydroxylation sites is 6. The summed E-state index contributed by atoms with van der Waals surface area (Å²) in [7, 11) is 0. The van der Waals surface area contributed by atoms with Gasteiger partial charge in [-0.15, -0.1) is 0 Å². The van der Waals surface area contributed by atoms with E-state index >= 15 is 0 Å². The molecule has 0 unspecified atom stereocenters. The zero-order valence-electron chi connectivity index (χ0n) is 48.8. The van der Waals surface area contributed by atoms with Crippen LogP contribution in [0.3, 0.4) is 0 Å². The van der Waals surface area contributed by atoms with Gasteiger partial charge in [0.2, 0.25) is 0 Å². The lowest BCUT2D eigenvalue weighted by molar-refractivity contribution is 0.486. The minimum absolute atomic E-state index is 0.197. The molecule has 0 N–H and O–H groups in total. The van der Waals surface area contributed by atoms with Gasteiger partial charge < -0.3 is 19.1 Å². The monoisotopic (exact) mass is 1070 g/mol. The zero-order valence-corrected chi connectivity index (χ0v) is 48.8. The quantitative estimate of drug-likeness (QED) is 0.164. The van der Waals surface area contributed by atoms with Crippen molar-refractivity contribution in [3.8, 4) is 61.7 Å². The Morgan fingerprint density at radius 3 is 1.42 bits per heavy atom. The van der Waals surface area contributed by atoms with Crippen LogP contribution < -0.4 is 30.9 Å². The van der Waals surface area contributed by atoms with Crippen molar-refractivity contribution < 1.29 is 4.74 Å². The van der Waals surface area contributed by atoms with Crippen LogP contribution in [0.1, 0.15) is 79.0 Å². The topological polar surface area (TPSA) is 20.6 Å². The number of benzene rings is 11. The molecule has 11 aromatic carbocycles. The fourth-order valence-electron chi connectivity index (χ4n) is 13.8. The predicted molar refractivity (Wildman–Crippen MR) is 353 cm³/mol. The molecule has 0 amide bonds. The van der Waals surface area contributed by atoms with Crippen LogP contribution in [-0.4, -0.2) is 11.3 Å². The molecule has 1 aromatic heterocycles. The van der Waals surface area contributed by atoms with Crippen LogP contribution >= 0.6 is 0 Å². The first-order chi connectivity index (χ1) is 40.1. The lowest BCUT2D eigenvalue weighted by Gasteiger charge is -2.48. The Balaban J connectivity index is 1.17. The van der Waals surface area contributed by atoms with Gasteiger partial charge in [0.15, 0.2) is 0 Å². The Hall–Kier alpha value is -9.32. The van der Waals surface area contributed by atoms with Crippen LogP contribution in [0.2, 0.25) is 0 Å². The molecule has 3 aliphatic heterocycles. The van der Waals surface area contributed by atoms with Crippen molar-refractivity contribution in [2.45, 2.75) is 78.6 Å². The average Bonchev–Trinajstić information content (AvgIpc) is 1.60. The van der Waals surface area contributed by atoms with E-state index in [0.717, 1.165) is 73.1 Å². The largest absolute Gasteiger partial charge is 0.456 e. The van der Waals surface area contributed by atoms with E-state index in [-0.39, 0.29) is 23.0 Å². The van der Waals surface area contributed by atoms with Gasteiger partial charge in [0.05, 0.1) is 22.4 Å². The predicted octanol–water partition coefficient (Wildman–Crippen LogP) is 19.5. The Kier molecular flexibility index (Phi) is 11.3. The highest BCUT2D eigenvalue weighted by molar-refractivity contribution is 7.00. The molecular formula is C78H66BN3O. The molecule has 5 heteroatoms. The summed E-state index contributed by atoms with van der Waals surface area (Å²) in [4.78, 5) is 5.42. The van der Waals surface area contributed by atoms with Crippen LogP contribution in [0.5, 0.6) is 11.5 Å². The Morgan fingerprint density at radius 2 is 0.831 bits per heavy atom. The minimum Gasteiger partial charge on any atom is -0.456 e. The van der Waals surface area contributed by atoms with E-state index in [2.05, 4.69) is 313 Å². The Bertz CT molecular complexity index is 4500. The van der Waals surface area contributed by atoms with Crippen molar-refractivity contribution in [1.82, 2.24) is 4.57 Å². The van der Waals surface area contributed by atoms with Crippen molar-refractivity contribution in [2.24, 2.45) is 0 Å².